The van der Waals surface area contributed by atoms with Crippen molar-refractivity contribution in [3.63, 3.8) is 0 Å². The minimum Gasteiger partial charge on any atom is -0.756 e. The van der Waals surface area contributed by atoms with E-state index in [0.717, 1.165) is 62.2 Å². The zero-order valence-electron chi connectivity index (χ0n) is 38.8. The summed E-state index contributed by atoms with van der Waals surface area (Å²) in [7, 11) is -4.98. The molecule has 3 N–H and O–H groups in total. The SMILES string of the molecule is CC(C)CCCC(C)CCCC(C)CCCC(C)CC(=O)OC[C@H](COP(=O)([O-])OCC([NH3+])C(=O)[O-])OC(=O)CC(C)CCCC(C)CCCC(C)CCCC(C)C. The lowest BCUT2D eigenvalue weighted by Gasteiger charge is -2.26. The molecule has 0 aliphatic carbocycles. The third-order valence-electron chi connectivity index (χ3n) is 11.5. The molecule has 344 valence electrons. The Morgan fingerprint density at radius 2 is 0.828 bits per heavy atom. The van der Waals surface area contributed by atoms with Gasteiger partial charge in [0.25, 0.3) is 7.82 Å². The number of hydrogen-bond acceptors (Lipinski definition) is 10. The van der Waals surface area contributed by atoms with Gasteiger partial charge in [0.05, 0.1) is 6.61 Å². The molecule has 0 aromatic carbocycles. The van der Waals surface area contributed by atoms with E-state index in [9.17, 15) is 28.9 Å². The van der Waals surface area contributed by atoms with Crippen molar-refractivity contribution in [1.29, 1.82) is 0 Å². The Morgan fingerprint density at radius 3 is 1.19 bits per heavy atom. The van der Waals surface area contributed by atoms with E-state index < -0.39 is 51.1 Å². The molecule has 0 amide bonds. The molecule has 0 aliphatic rings. The molecular formula is C46H89NO10P-. The maximum absolute atomic E-state index is 13.0. The van der Waals surface area contributed by atoms with E-state index in [-0.39, 0.29) is 31.3 Å². The predicted octanol–water partition coefficient (Wildman–Crippen LogP) is 9.23. The molecule has 0 aromatic heterocycles. The fraction of sp³-hybridized carbons (Fsp3) is 0.935. The van der Waals surface area contributed by atoms with E-state index in [2.05, 4.69) is 65.6 Å². The van der Waals surface area contributed by atoms with Gasteiger partial charge in [-0.3, -0.25) is 14.2 Å². The normalized spacial score (nSPS) is 17.2. The highest BCUT2D eigenvalue weighted by Gasteiger charge is 2.24. The molecule has 0 rings (SSSR count). The molecule has 0 radical (unpaired) electrons. The molecule has 0 heterocycles. The molecule has 0 saturated heterocycles. The molecule has 0 aromatic rings. The van der Waals surface area contributed by atoms with Crippen LogP contribution in [0.3, 0.4) is 0 Å². The Morgan fingerprint density at radius 1 is 0.500 bits per heavy atom. The first kappa shape index (κ1) is 56.5. The van der Waals surface area contributed by atoms with Gasteiger partial charge in [0.15, 0.2) is 6.10 Å². The highest BCUT2D eigenvalue weighted by Crippen LogP contribution is 2.38. The number of carboxylic acid groups (broad SMARTS) is 1. The van der Waals surface area contributed by atoms with Crippen molar-refractivity contribution >= 4 is 25.7 Å². The van der Waals surface area contributed by atoms with Crippen molar-refractivity contribution in [3.05, 3.63) is 0 Å². The lowest BCUT2D eigenvalue weighted by Crippen LogP contribution is -2.70. The highest BCUT2D eigenvalue weighted by molar-refractivity contribution is 7.45. The first-order valence-electron chi connectivity index (χ1n) is 23.2. The van der Waals surface area contributed by atoms with Crippen LogP contribution in [0.1, 0.15) is 198 Å². The minimum atomic E-state index is -4.98. The summed E-state index contributed by atoms with van der Waals surface area (Å²) in [5.41, 5.74) is 3.27. The molecule has 8 unspecified atom stereocenters. The van der Waals surface area contributed by atoms with Gasteiger partial charge in [0, 0.05) is 12.8 Å². The summed E-state index contributed by atoms with van der Waals surface area (Å²) < 4.78 is 32.9. The van der Waals surface area contributed by atoms with Crippen LogP contribution in [0, 0.1) is 47.3 Å². The van der Waals surface area contributed by atoms with E-state index in [1.807, 2.05) is 13.8 Å². The van der Waals surface area contributed by atoms with Crippen molar-refractivity contribution in [2.24, 2.45) is 47.3 Å². The number of carboxylic acids is 1. The molecule has 9 atom stereocenters. The van der Waals surface area contributed by atoms with Crippen molar-refractivity contribution < 1.29 is 53.2 Å². The first-order valence-corrected chi connectivity index (χ1v) is 24.6. The maximum Gasteiger partial charge on any atom is 0.306 e. The second kappa shape index (κ2) is 33.1. The standard InChI is InChI=1S/C46H90NO10P/c1-34(2)17-11-19-36(5)21-13-23-38(7)25-15-27-40(9)29-44(48)54-31-42(32-55-58(52,53)56-33-43(47)46(50)51)57-45(49)30-41(10)28-16-26-39(8)24-14-22-37(6)20-12-18-35(3)4/h34-43H,11-33,47H2,1-10H3,(H,50,51)(H,52,53)/p-1/t36?,37?,38?,39?,40?,41?,42-,43?/m1/s1. The fourth-order valence-electron chi connectivity index (χ4n) is 7.41. The van der Waals surface area contributed by atoms with Crippen LogP contribution in [0.25, 0.3) is 0 Å². The lowest BCUT2D eigenvalue weighted by atomic mass is 9.91. The summed E-state index contributed by atoms with van der Waals surface area (Å²) in [4.78, 5) is 49.0. The van der Waals surface area contributed by atoms with Crippen molar-refractivity contribution in [1.82, 2.24) is 0 Å². The molecule has 12 heteroatoms. The summed E-state index contributed by atoms with van der Waals surface area (Å²) in [6, 6.07) is -1.43. The number of phosphoric acid groups is 1. The van der Waals surface area contributed by atoms with Crippen LogP contribution in [0.4, 0.5) is 0 Å². The van der Waals surface area contributed by atoms with Crippen molar-refractivity contribution in [2.75, 3.05) is 19.8 Å². The molecule has 0 saturated carbocycles. The van der Waals surface area contributed by atoms with Gasteiger partial charge in [-0.05, 0) is 47.3 Å². The highest BCUT2D eigenvalue weighted by atomic mass is 31.2. The van der Waals surface area contributed by atoms with Crippen LogP contribution < -0.4 is 15.7 Å². The van der Waals surface area contributed by atoms with E-state index in [1.54, 1.807) is 0 Å². The molecule has 58 heavy (non-hydrogen) atoms. The number of phosphoric ester groups is 1. The third kappa shape index (κ3) is 34.2. The predicted molar refractivity (Wildman–Crippen MR) is 229 cm³/mol. The van der Waals surface area contributed by atoms with Crippen LogP contribution in [-0.2, 0) is 37.5 Å². The molecular weight excluding hydrogens is 757 g/mol. The van der Waals surface area contributed by atoms with Gasteiger partial charge in [-0.25, -0.2) is 0 Å². The lowest BCUT2D eigenvalue weighted by molar-refractivity contribution is -0.441. The molecule has 0 spiro atoms. The minimum absolute atomic E-state index is 0.0454. The summed E-state index contributed by atoms with van der Waals surface area (Å²) >= 11 is 0. The topological polar surface area (TPSA) is 179 Å². The molecule has 0 aliphatic heterocycles. The number of ether oxygens (including phenoxy) is 2. The van der Waals surface area contributed by atoms with Gasteiger partial charge in [-0.1, -0.05) is 185 Å². The molecule has 11 nitrogen and oxygen atoms in total. The van der Waals surface area contributed by atoms with Crippen LogP contribution in [0.5, 0.6) is 0 Å². The largest absolute Gasteiger partial charge is 0.756 e. The third-order valence-corrected chi connectivity index (χ3v) is 12.4. The Bertz CT molecular complexity index is 1120. The maximum atomic E-state index is 13.0. The van der Waals surface area contributed by atoms with Gasteiger partial charge >= 0.3 is 11.9 Å². The van der Waals surface area contributed by atoms with E-state index >= 15 is 0 Å². The zero-order chi connectivity index (χ0) is 44.1. The van der Waals surface area contributed by atoms with Crippen LogP contribution in [0.15, 0.2) is 0 Å². The second-order valence-electron chi connectivity index (χ2n) is 19.3. The second-order valence-corrected chi connectivity index (χ2v) is 20.7. The number of quaternary nitrogens is 1. The van der Waals surface area contributed by atoms with Gasteiger partial charge in [-0.15, -0.1) is 0 Å². The Labute approximate surface area is 355 Å². The fourth-order valence-corrected chi connectivity index (χ4v) is 8.20. The average molecular weight is 847 g/mol. The molecule has 0 bridgehead atoms. The smallest absolute Gasteiger partial charge is 0.306 e. The quantitative estimate of drug-likeness (QED) is 0.0465. The van der Waals surface area contributed by atoms with E-state index in [4.69, 9.17) is 14.0 Å². The number of esters is 2. The monoisotopic (exact) mass is 847 g/mol. The Balaban J connectivity index is 4.84. The zero-order valence-corrected chi connectivity index (χ0v) is 39.7. The number of carbonyl (C=O) groups excluding carboxylic acids is 3. The van der Waals surface area contributed by atoms with Gasteiger partial charge in [-0.2, -0.15) is 0 Å². The number of carbonyl (C=O) groups is 3. The van der Waals surface area contributed by atoms with E-state index in [0.29, 0.717) is 11.8 Å². The summed E-state index contributed by atoms with van der Waals surface area (Å²) in [5.74, 6) is 1.90. The number of hydrogen-bond donors (Lipinski definition) is 1. The van der Waals surface area contributed by atoms with Gasteiger partial charge < -0.3 is 39.0 Å². The van der Waals surface area contributed by atoms with Gasteiger partial charge in [0.2, 0.25) is 0 Å². The Kier molecular flexibility index (Phi) is 32.3. The summed E-state index contributed by atoms with van der Waals surface area (Å²) in [5, 5.41) is 10.9. The summed E-state index contributed by atoms with van der Waals surface area (Å²) in [6.45, 7) is 20.6. The Hall–Kier alpha value is -1.52. The summed E-state index contributed by atoms with van der Waals surface area (Å²) in [6.07, 6.45) is 20.4. The number of rotatable bonds is 38. The van der Waals surface area contributed by atoms with Crippen molar-refractivity contribution in [2.45, 2.75) is 210 Å². The van der Waals surface area contributed by atoms with E-state index in [1.165, 1.54) is 77.0 Å². The molecule has 0 fully saturated rings. The number of aliphatic carboxylic acids is 1. The average Bonchev–Trinajstić information content (AvgIpc) is 3.11. The van der Waals surface area contributed by atoms with Crippen LogP contribution in [-0.4, -0.2) is 49.9 Å². The van der Waals surface area contributed by atoms with Crippen molar-refractivity contribution in [3.8, 4) is 0 Å². The van der Waals surface area contributed by atoms with Crippen LogP contribution in [0.2, 0.25) is 0 Å². The van der Waals surface area contributed by atoms with Gasteiger partial charge in [0.1, 0.15) is 25.2 Å². The first-order chi connectivity index (χ1) is 27.2. The van der Waals surface area contributed by atoms with Crippen LogP contribution >= 0.6 is 7.82 Å².